The van der Waals surface area contributed by atoms with Crippen LogP contribution in [0.3, 0.4) is 0 Å². The fourth-order valence-electron chi connectivity index (χ4n) is 1.95. The third-order valence-corrected chi connectivity index (χ3v) is 2.73. The van der Waals surface area contributed by atoms with E-state index in [9.17, 15) is 9.59 Å². The Morgan fingerprint density at radius 3 is 2.72 bits per heavy atom. The van der Waals surface area contributed by atoms with Gasteiger partial charge in [-0.1, -0.05) is 0 Å². The maximum Gasteiger partial charge on any atom is 0.306 e. The molecule has 0 saturated carbocycles. The van der Waals surface area contributed by atoms with E-state index >= 15 is 0 Å². The maximum atomic E-state index is 11.9. The van der Waals surface area contributed by atoms with Crippen LogP contribution < -0.4 is 0 Å². The SMILES string of the molecule is CCOC(=O)CCC(=O)N1CC(C)OC(CO)C1. The molecule has 2 atom stereocenters. The van der Waals surface area contributed by atoms with E-state index in [0.29, 0.717) is 19.7 Å². The largest absolute Gasteiger partial charge is 0.466 e. The first kappa shape index (κ1) is 14.9. The minimum Gasteiger partial charge on any atom is -0.466 e. The van der Waals surface area contributed by atoms with Crippen molar-refractivity contribution in [2.45, 2.75) is 38.9 Å². The fourth-order valence-corrected chi connectivity index (χ4v) is 1.95. The molecule has 104 valence electrons. The van der Waals surface area contributed by atoms with E-state index in [-0.39, 0.29) is 43.5 Å². The van der Waals surface area contributed by atoms with Crippen molar-refractivity contribution in [1.82, 2.24) is 4.90 Å². The van der Waals surface area contributed by atoms with Gasteiger partial charge in [-0.3, -0.25) is 9.59 Å². The monoisotopic (exact) mass is 259 g/mol. The lowest BCUT2D eigenvalue weighted by Crippen LogP contribution is -2.50. The van der Waals surface area contributed by atoms with Crippen molar-refractivity contribution in [1.29, 1.82) is 0 Å². The van der Waals surface area contributed by atoms with Gasteiger partial charge in [0, 0.05) is 19.5 Å². The summed E-state index contributed by atoms with van der Waals surface area (Å²) >= 11 is 0. The second kappa shape index (κ2) is 7.33. The van der Waals surface area contributed by atoms with Gasteiger partial charge in [0.15, 0.2) is 0 Å². The van der Waals surface area contributed by atoms with Crippen LogP contribution in [0.1, 0.15) is 26.7 Å². The van der Waals surface area contributed by atoms with Gasteiger partial charge in [-0.05, 0) is 13.8 Å². The molecule has 1 aliphatic heterocycles. The molecule has 1 amide bonds. The first-order valence-corrected chi connectivity index (χ1v) is 6.26. The summed E-state index contributed by atoms with van der Waals surface area (Å²) in [4.78, 5) is 24.7. The molecule has 1 fully saturated rings. The molecule has 0 aromatic rings. The molecule has 0 spiro atoms. The Morgan fingerprint density at radius 1 is 1.39 bits per heavy atom. The predicted octanol–water partition coefficient (Wildman–Crippen LogP) is -0.0621. The number of rotatable bonds is 5. The molecular weight excluding hydrogens is 238 g/mol. The molecule has 0 bridgehead atoms. The third-order valence-electron chi connectivity index (χ3n) is 2.73. The van der Waals surface area contributed by atoms with Crippen molar-refractivity contribution >= 4 is 11.9 Å². The van der Waals surface area contributed by atoms with Gasteiger partial charge in [-0.2, -0.15) is 0 Å². The highest BCUT2D eigenvalue weighted by molar-refractivity contribution is 5.81. The van der Waals surface area contributed by atoms with Gasteiger partial charge in [0.05, 0.1) is 31.8 Å². The average Bonchev–Trinajstić information content (AvgIpc) is 2.35. The summed E-state index contributed by atoms with van der Waals surface area (Å²) in [6, 6.07) is 0. The van der Waals surface area contributed by atoms with E-state index in [2.05, 4.69) is 0 Å². The minimum atomic E-state index is -0.356. The molecule has 1 saturated heterocycles. The van der Waals surface area contributed by atoms with Crippen molar-refractivity contribution in [2.24, 2.45) is 0 Å². The first-order chi connectivity index (χ1) is 8.56. The first-order valence-electron chi connectivity index (χ1n) is 6.26. The van der Waals surface area contributed by atoms with Crippen LogP contribution in [-0.4, -0.2) is 60.4 Å². The molecule has 1 heterocycles. The van der Waals surface area contributed by atoms with E-state index in [4.69, 9.17) is 14.6 Å². The third kappa shape index (κ3) is 4.62. The smallest absolute Gasteiger partial charge is 0.306 e. The molecule has 1 rings (SSSR count). The van der Waals surface area contributed by atoms with E-state index in [0.717, 1.165) is 0 Å². The average molecular weight is 259 g/mol. The summed E-state index contributed by atoms with van der Waals surface area (Å²) in [6.45, 7) is 4.68. The summed E-state index contributed by atoms with van der Waals surface area (Å²) in [5.41, 5.74) is 0. The van der Waals surface area contributed by atoms with E-state index in [1.54, 1.807) is 11.8 Å². The van der Waals surface area contributed by atoms with Crippen LogP contribution in [0, 0.1) is 0 Å². The van der Waals surface area contributed by atoms with Crippen molar-refractivity contribution in [3.63, 3.8) is 0 Å². The Hall–Kier alpha value is -1.14. The van der Waals surface area contributed by atoms with Gasteiger partial charge in [-0.15, -0.1) is 0 Å². The summed E-state index contributed by atoms with van der Waals surface area (Å²) in [5, 5.41) is 9.06. The number of hydrogen-bond acceptors (Lipinski definition) is 5. The zero-order chi connectivity index (χ0) is 13.5. The van der Waals surface area contributed by atoms with Gasteiger partial charge >= 0.3 is 5.97 Å². The molecule has 18 heavy (non-hydrogen) atoms. The number of aliphatic hydroxyl groups is 1. The number of hydrogen-bond donors (Lipinski definition) is 1. The predicted molar refractivity (Wildman–Crippen MR) is 63.9 cm³/mol. The van der Waals surface area contributed by atoms with Crippen LogP contribution in [0.4, 0.5) is 0 Å². The Labute approximate surface area is 107 Å². The van der Waals surface area contributed by atoms with Gasteiger partial charge in [0.2, 0.25) is 5.91 Å². The van der Waals surface area contributed by atoms with Crippen LogP contribution in [0.5, 0.6) is 0 Å². The number of nitrogens with zero attached hydrogens (tertiary/aromatic N) is 1. The lowest BCUT2D eigenvalue weighted by molar-refractivity contribution is -0.151. The summed E-state index contributed by atoms with van der Waals surface area (Å²) < 4.78 is 10.2. The van der Waals surface area contributed by atoms with Crippen LogP contribution in [-0.2, 0) is 19.1 Å². The quantitative estimate of drug-likeness (QED) is 0.700. The standard InChI is InChI=1S/C12H21NO5/c1-3-17-12(16)5-4-11(15)13-6-9(2)18-10(7-13)8-14/h9-10,14H,3-8H2,1-2H3. The number of amides is 1. The molecule has 0 aliphatic carbocycles. The Bertz CT molecular complexity index is 294. The van der Waals surface area contributed by atoms with E-state index in [1.165, 1.54) is 0 Å². The number of carbonyl (C=O) groups is 2. The van der Waals surface area contributed by atoms with Gasteiger partial charge in [0.25, 0.3) is 0 Å². The molecule has 6 nitrogen and oxygen atoms in total. The Morgan fingerprint density at radius 2 is 2.11 bits per heavy atom. The van der Waals surface area contributed by atoms with Gasteiger partial charge < -0.3 is 19.5 Å². The van der Waals surface area contributed by atoms with Gasteiger partial charge in [0.1, 0.15) is 0 Å². The highest BCUT2D eigenvalue weighted by atomic mass is 16.5. The molecule has 6 heteroatoms. The lowest BCUT2D eigenvalue weighted by atomic mass is 10.2. The number of esters is 1. The van der Waals surface area contributed by atoms with Crippen molar-refractivity contribution in [3.8, 4) is 0 Å². The van der Waals surface area contributed by atoms with Gasteiger partial charge in [-0.25, -0.2) is 0 Å². The maximum absolute atomic E-state index is 11.9. The normalized spacial score (nSPS) is 23.8. The van der Waals surface area contributed by atoms with Crippen molar-refractivity contribution in [3.05, 3.63) is 0 Å². The molecule has 0 aromatic carbocycles. The van der Waals surface area contributed by atoms with Crippen molar-refractivity contribution in [2.75, 3.05) is 26.3 Å². The van der Waals surface area contributed by atoms with Crippen molar-refractivity contribution < 1.29 is 24.2 Å². The Balaban J connectivity index is 2.38. The number of morpholine rings is 1. The van der Waals surface area contributed by atoms with Crippen LogP contribution >= 0.6 is 0 Å². The van der Waals surface area contributed by atoms with E-state index < -0.39 is 0 Å². The molecule has 1 N–H and O–H groups in total. The highest BCUT2D eigenvalue weighted by Crippen LogP contribution is 2.12. The molecule has 1 aliphatic rings. The fraction of sp³-hybridized carbons (Fsp3) is 0.833. The second-order valence-corrected chi connectivity index (χ2v) is 4.36. The Kier molecular flexibility index (Phi) is 6.07. The molecule has 0 radical (unpaired) electrons. The number of aliphatic hydroxyl groups excluding tert-OH is 1. The zero-order valence-corrected chi connectivity index (χ0v) is 10.9. The van der Waals surface area contributed by atoms with Crippen LogP contribution in [0.15, 0.2) is 0 Å². The van der Waals surface area contributed by atoms with Crippen LogP contribution in [0.25, 0.3) is 0 Å². The van der Waals surface area contributed by atoms with Crippen LogP contribution in [0.2, 0.25) is 0 Å². The minimum absolute atomic E-state index is 0.0950. The topological polar surface area (TPSA) is 76.1 Å². The second-order valence-electron chi connectivity index (χ2n) is 4.36. The van der Waals surface area contributed by atoms with E-state index in [1.807, 2.05) is 6.92 Å². The molecule has 0 aromatic heterocycles. The molecular formula is C12H21NO5. The summed E-state index contributed by atoms with van der Waals surface area (Å²) in [6.07, 6.45) is -0.186. The summed E-state index contributed by atoms with van der Waals surface area (Å²) in [5.74, 6) is -0.456. The lowest BCUT2D eigenvalue weighted by Gasteiger charge is -2.36. The number of carbonyl (C=O) groups excluding carboxylic acids is 2. The summed E-state index contributed by atoms with van der Waals surface area (Å²) in [7, 11) is 0. The molecule has 2 unspecified atom stereocenters. The highest BCUT2D eigenvalue weighted by Gasteiger charge is 2.27. The zero-order valence-electron chi connectivity index (χ0n) is 10.9. The number of ether oxygens (including phenoxy) is 2.